The van der Waals surface area contributed by atoms with Crippen LogP contribution in [0.15, 0.2) is 4.52 Å². The zero-order valence-corrected chi connectivity index (χ0v) is 14.0. The van der Waals surface area contributed by atoms with Crippen LogP contribution >= 0.6 is 0 Å². The van der Waals surface area contributed by atoms with Gasteiger partial charge in [-0.3, -0.25) is 4.90 Å². The first kappa shape index (κ1) is 16.4. The number of nitrogens with zero attached hydrogens (tertiary/aromatic N) is 3. The standard InChI is InChI=1S/C16H30N4O/c1-5-6-10-20(11-13-8-7-9-17-13)12-14-18-15(19-21-14)16(2,3)4/h13,17H,5-12H2,1-4H3. The van der Waals surface area contributed by atoms with Gasteiger partial charge in [0.25, 0.3) is 0 Å². The molecule has 1 fully saturated rings. The predicted molar refractivity (Wildman–Crippen MR) is 84.2 cm³/mol. The maximum absolute atomic E-state index is 5.44. The average molecular weight is 294 g/mol. The summed E-state index contributed by atoms with van der Waals surface area (Å²) < 4.78 is 5.44. The Labute approximate surface area is 128 Å². The van der Waals surface area contributed by atoms with Crippen molar-refractivity contribution in [2.24, 2.45) is 0 Å². The number of aromatic nitrogens is 2. The fourth-order valence-corrected chi connectivity index (χ4v) is 2.66. The van der Waals surface area contributed by atoms with Gasteiger partial charge in [0.2, 0.25) is 5.89 Å². The minimum Gasteiger partial charge on any atom is -0.338 e. The molecule has 0 saturated carbocycles. The lowest BCUT2D eigenvalue weighted by atomic mass is 9.96. The Hall–Kier alpha value is -0.940. The van der Waals surface area contributed by atoms with E-state index in [1.165, 1.54) is 25.7 Å². The Morgan fingerprint density at radius 2 is 2.19 bits per heavy atom. The fraction of sp³-hybridized carbons (Fsp3) is 0.875. The van der Waals surface area contributed by atoms with Crippen LogP contribution in [0.4, 0.5) is 0 Å². The summed E-state index contributed by atoms with van der Waals surface area (Å²) in [7, 11) is 0. The van der Waals surface area contributed by atoms with E-state index < -0.39 is 0 Å². The summed E-state index contributed by atoms with van der Waals surface area (Å²) in [5.41, 5.74) is -0.0526. The second-order valence-electron chi connectivity index (χ2n) is 7.14. The molecular weight excluding hydrogens is 264 g/mol. The molecule has 1 aliphatic rings. The lowest BCUT2D eigenvalue weighted by molar-refractivity contribution is 0.206. The molecule has 21 heavy (non-hydrogen) atoms. The van der Waals surface area contributed by atoms with Crippen molar-refractivity contribution in [3.05, 3.63) is 11.7 Å². The van der Waals surface area contributed by atoms with Crippen LogP contribution in [0.2, 0.25) is 0 Å². The molecule has 0 bridgehead atoms. The molecular formula is C16H30N4O. The normalized spacial score (nSPS) is 19.6. The van der Waals surface area contributed by atoms with Gasteiger partial charge in [0, 0.05) is 18.0 Å². The van der Waals surface area contributed by atoms with Gasteiger partial charge in [0.05, 0.1) is 6.54 Å². The third-order valence-electron chi connectivity index (χ3n) is 3.97. The van der Waals surface area contributed by atoms with E-state index in [-0.39, 0.29) is 5.41 Å². The van der Waals surface area contributed by atoms with Crippen LogP contribution in [0, 0.1) is 0 Å². The van der Waals surface area contributed by atoms with Crippen molar-refractivity contribution < 1.29 is 4.52 Å². The monoisotopic (exact) mass is 294 g/mol. The molecule has 5 heteroatoms. The molecule has 1 N–H and O–H groups in total. The molecule has 120 valence electrons. The van der Waals surface area contributed by atoms with Crippen LogP contribution in [-0.4, -0.2) is 40.7 Å². The van der Waals surface area contributed by atoms with Crippen molar-refractivity contribution in [3.8, 4) is 0 Å². The Morgan fingerprint density at radius 1 is 1.38 bits per heavy atom. The van der Waals surface area contributed by atoms with Crippen molar-refractivity contribution in [2.45, 2.75) is 71.4 Å². The van der Waals surface area contributed by atoms with E-state index in [1.54, 1.807) is 0 Å². The smallest absolute Gasteiger partial charge is 0.240 e. The summed E-state index contributed by atoms with van der Waals surface area (Å²) >= 11 is 0. The minimum atomic E-state index is -0.0526. The second-order valence-corrected chi connectivity index (χ2v) is 7.14. The van der Waals surface area contributed by atoms with Crippen molar-refractivity contribution in [1.29, 1.82) is 0 Å². The maximum Gasteiger partial charge on any atom is 0.240 e. The highest BCUT2D eigenvalue weighted by molar-refractivity contribution is 5.00. The summed E-state index contributed by atoms with van der Waals surface area (Å²) in [6.45, 7) is 12.7. The molecule has 5 nitrogen and oxygen atoms in total. The van der Waals surface area contributed by atoms with Crippen molar-refractivity contribution in [2.75, 3.05) is 19.6 Å². The summed E-state index contributed by atoms with van der Waals surface area (Å²) in [6.07, 6.45) is 5.00. The second kappa shape index (κ2) is 7.36. The van der Waals surface area contributed by atoms with Crippen LogP contribution < -0.4 is 5.32 Å². The molecule has 1 unspecified atom stereocenters. The predicted octanol–water partition coefficient (Wildman–Crippen LogP) is 2.72. The van der Waals surface area contributed by atoms with Crippen LogP contribution in [0.5, 0.6) is 0 Å². The zero-order valence-electron chi connectivity index (χ0n) is 14.0. The summed E-state index contributed by atoms with van der Waals surface area (Å²) in [5.74, 6) is 1.54. The van der Waals surface area contributed by atoms with Crippen molar-refractivity contribution in [1.82, 2.24) is 20.4 Å². The van der Waals surface area contributed by atoms with Gasteiger partial charge in [-0.15, -0.1) is 0 Å². The van der Waals surface area contributed by atoms with E-state index in [1.807, 2.05) is 0 Å². The maximum atomic E-state index is 5.44. The van der Waals surface area contributed by atoms with Gasteiger partial charge in [0.15, 0.2) is 5.82 Å². The molecule has 0 amide bonds. The summed E-state index contributed by atoms with van der Waals surface area (Å²) in [6, 6.07) is 0.617. The number of hydrogen-bond donors (Lipinski definition) is 1. The molecule has 0 radical (unpaired) electrons. The first-order valence-corrected chi connectivity index (χ1v) is 8.28. The number of hydrogen-bond acceptors (Lipinski definition) is 5. The van der Waals surface area contributed by atoms with E-state index >= 15 is 0 Å². The van der Waals surface area contributed by atoms with Crippen molar-refractivity contribution >= 4 is 0 Å². The van der Waals surface area contributed by atoms with Gasteiger partial charge in [-0.05, 0) is 32.4 Å². The lowest BCUT2D eigenvalue weighted by Gasteiger charge is -2.24. The van der Waals surface area contributed by atoms with E-state index in [4.69, 9.17) is 4.52 Å². The highest BCUT2D eigenvalue weighted by Gasteiger charge is 2.23. The summed E-state index contributed by atoms with van der Waals surface area (Å²) in [4.78, 5) is 7.01. The third kappa shape index (κ3) is 5.08. The molecule has 0 spiro atoms. The van der Waals surface area contributed by atoms with Gasteiger partial charge >= 0.3 is 0 Å². The van der Waals surface area contributed by atoms with Gasteiger partial charge in [-0.1, -0.05) is 39.3 Å². The van der Waals surface area contributed by atoms with Gasteiger partial charge in [0.1, 0.15) is 0 Å². The molecule has 2 heterocycles. The fourth-order valence-electron chi connectivity index (χ4n) is 2.66. The molecule has 0 aromatic carbocycles. The average Bonchev–Trinajstić information content (AvgIpc) is 3.06. The number of unbranched alkanes of at least 4 members (excludes halogenated alkanes) is 1. The largest absolute Gasteiger partial charge is 0.338 e. The van der Waals surface area contributed by atoms with Crippen LogP contribution in [0.25, 0.3) is 0 Å². The van der Waals surface area contributed by atoms with Gasteiger partial charge < -0.3 is 9.84 Å². The van der Waals surface area contributed by atoms with Crippen LogP contribution in [0.3, 0.4) is 0 Å². The third-order valence-corrected chi connectivity index (χ3v) is 3.97. The zero-order chi connectivity index (χ0) is 15.3. The molecule has 0 aliphatic carbocycles. The van der Waals surface area contributed by atoms with Crippen LogP contribution in [-0.2, 0) is 12.0 Å². The van der Waals surface area contributed by atoms with Gasteiger partial charge in [-0.2, -0.15) is 4.98 Å². The lowest BCUT2D eigenvalue weighted by Crippen LogP contribution is -2.37. The van der Waals surface area contributed by atoms with Gasteiger partial charge in [-0.25, -0.2) is 0 Å². The Balaban J connectivity index is 1.94. The minimum absolute atomic E-state index is 0.0526. The first-order valence-electron chi connectivity index (χ1n) is 8.28. The first-order chi connectivity index (χ1) is 9.99. The number of rotatable bonds is 7. The highest BCUT2D eigenvalue weighted by Crippen LogP contribution is 2.19. The van der Waals surface area contributed by atoms with E-state index in [0.717, 1.165) is 37.9 Å². The quantitative estimate of drug-likeness (QED) is 0.838. The van der Waals surface area contributed by atoms with Crippen molar-refractivity contribution in [3.63, 3.8) is 0 Å². The molecule has 1 atom stereocenters. The summed E-state index contributed by atoms with van der Waals surface area (Å²) in [5, 5.41) is 7.69. The molecule has 1 aromatic heterocycles. The highest BCUT2D eigenvalue weighted by atomic mass is 16.5. The van der Waals surface area contributed by atoms with E-state index in [2.05, 4.69) is 48.1 Å². The Bertz CT molecular complexity index is 418. The van der Waals surface area contributed by atoms with E-state index in [0.29, 0.717) is 6.04 Å². The van der Waals surface area contributed by atoms with E-state index in [9.17, 15) is 0 Å². The van der Waals surface area contributed by atoms with Crippen LogP contribution in [0.1, 0.15) is 65.1 Å². The Morgan fingerprint density at radius 3 is 2.76 bits per heavy atom. The SMILES string of the molecule is CCCCN(Cc1nc(C(C)(C)C)no1)CC1CCCN1. The molecule has 1 saturated heterocycles. The molecule has 1 aromatic rings. The molecule has 1 aliphatic heterocycles. The molecule has 2 rings (SSSR count). The Kier molecular flexibility index (Phi) is 5.76. The number of nitrogens with one attached hydrogen (secondary N) is 1. The topological polar surface area (TPSA) is 54.2 Å².